The van der Waals surface area contributed by atoms with E-state index in [0.29, 0.717) is 39.0 Å². The maximum Gasteiger partial charge on any atom is 0.416 e. The van der Waals surface area contributed by atoms with Crippen molar-refractivity contribution in [3.63, 3.8) is 0 Å². The maximum absolute atomic E-state index is 13.1. The smallest absolute Gasteiger partial charge is 0.416 e. The number of nitrogens with zero attached hydrogens (tertiary/aromatic N) is 2. The van der Waals surface area contributed by atoms with E-state index in [0.717, 1.165) is 29.0 Å². The minimum Gasteiger partial charge on any atom is -0.489 e. The fraction of sp³-hybridized carbons (Fsp3) is 0.429. The molecular weight excluding hydrogens is 533 g/mol. The molecule has 2 fully saturated rings. The molecule has 0 spiro atoms. The number of aromatic nitrogens is 2. The SMILES string of the molecule is C[C@@H](c1ccc(-c2ccn[nH]2)cc1)C1CC(C(N)=O)(N2CC[C@@H](Oc3cccc(C(F)(F)F)c3)C2)CCO1.Cl. The molecule has 1 aromatic heterocycles. The van der Waals surface area contributed by atoms with Crippen molar-refractivity contribution in [2.75, 3.05) is 19.7 Å². The fourth-order valence-corrected chi connectivity index (χ4v) is 5.61. The molecule has 0 saturated carbocycles. The van der Waals surface area contributed by atoms with Crippen LogP contribution >= 0.6 is 12.4 Å². The van der Waals surface area contributed by atoms with Crippen LogP contribution in [0.5, 0.6) is 5.75 Å². The van der Waals surface area contributed by atoms with Crippen LogP contribution in [0.25, 0.3) is 11.3 Å². The number of alkyl halides is 3. The van der Waals surface area contributed by atoms with Crippen LogP contribution in [0, 0.1) is 0 Å². The largest absolute Gasteiger partial charge is 0.489 e. The van der Waals surface area contributed by atoms with Crippen molar-refractivity contribution < 1.29 is 27.4 Å². The Labute approximate surface area is 231 Å². The van der Waals surface area contributed by atoms with Gasteiger partial charge in [0.05, 0.1) is 17.4 Å². The predicted octanol–water partition coefficient (Wildman–Crippen LogP) is 5.18. The zero-order chi connectivity index (χ0) is 26.9. The Hall–Kier alpha value is -3.08. The summed E-state index contributed by atoms with van der Waals surface area (Å²) in [5.74, 6) is -0.228. The maximum atomic E-state index is 13.1. The van der Waals surface area contributed by atoms with Crippen molar-refractivity contribution >= 4 is 18.3 Å². The first-order valence-corrected chi connectivity index (χ1v) is 12.8. The third-order valence-electron chi connectivity index (χ3n) is 7.87. The van der Waals surface area contributed by atoms with E-state index < -0.39 is 23.2 Å². The molecule has 1 amide bonds. The van der Waals surface area contributed by atoms with Gasteiger partial charge in [0.15, 0.2) is 0 Å². The number of benzene rings is 2. The number of amides is 1. The molecule has 2 aliphatic heterocycles. The summed E-state index contributed by atoms with van der Waals surface area (Å²) in [5.41, 5.74) is 7.40. The number of carbonyl (C=O) groups is 1. The second-order valence-corrected chi connectivity index (χ2v) is 10.1. The molecule has 5 rings (SSSR count). The predicted molar refractivity (Wildman–Crippen MR) is 143 cm³/mol. The summed E-state index contributed by atoms with van der Waals surface area (Å²) >= 11 is 0. The molecule has 3 N–H and O–H groups in total. The third kappa shape index (κ3) is 6.08. The van der Waals surface area contributed by atoms with Gasteiger partial charge in [-0.1, -0.05) is 37.3 Å². The summed E-state index contributed by atoms with van der Waals surface area (Å²) in [7, 11) is 0. The van der Waals surface area contributed by atoms with E-state index in [1.807, 2.05) is 23.1 Å². The number of rotatable bonds is 7. The van der Waals surface area contributed by atoms with Crippen LogP contribution in [0.15, 0.2) is 60.8 Å². The van der Waals surface area contributed by atoms with Crippen LogP contribution in [0.2, 0.25) is 0 Å². The Balaban J connectivity index is 0.00000353. The second-order valence-electron chi connectivity index (χ2n) is 10.1. The lowest BCUT2D eigenvalue weighted by Gasteiger charge is -2.46. The molecular formula is C28H32ClF3N4O3. The summed E-state index contributed by atoms with van der Waals surface area (Å²) in [5, 5.41) is 6.95. The van der Waals surface area contributed by atoms with Crippen molar-refractivity contribution in [2.24, 2.45) is 5.73 Å². The quantitative estimate of drug-likeness (QED) is 0.413. The molecule has 2 aliphatic rings. The summed E-state index contributed by atoms with van der Waals surface area (Å²) in [6, 6.07) is 15.0. The monoisotopic (exact) mass is 564 g/mol. The van der Waals surface area contributed by atoms with E-state index in [2.05, 4.69) is 29.3 Å². The molecule has 39 heavy (non-hydrogen) atoms. The standard InChI is InChI=1S/C28H31F3N4O3.ClH/c1-18(19-5-7-20(8-6-19)24-9-12-33-34-24)25-16-27(26(32)36,11-14-37-25)35-13-10-23(17-35)38-22-4-2-3-21(15-22)28(29,30)31;/h2-9,12,15,18,23,25H,10-11,13-14,16-17H2,1H3,(H2,32,36)(H,33,34);1H/t18-,23+,25?,27?;/m0./s1. The van der Waals surface area contributed by atoms with Crippen molar-refractivity contribution in [2.45, 2.75) is 56.0 Å². The summed E-state index contributed by atoms with van der Waals surface area (Å²) in [4.78, 5) is 15.0. The van der Waals surface area contributed by atoms with E-state index in [1.165, 1.54) is 12.1 Å². The summed E-state index contributed by atoms with van der Waals surface area (Å²) < 4.78 is 51.4. The van der Waals surface area contributed by atoms with Gasteiger partial charge in [-0.3, -0.25) is 14.8 Å². The van der Waals surface area contributed by atoms with Gasteiger partial charge in [0.2, 0.25) is 5.91 Å². The van der Waals surface area contributed by atoms with Crippen LogP contribution in [-0.2, 0) is 15.7 Å². The van der Waals surface area contributed by atoms with Gasteiger partial charge in [0, 0.05) is 38.2 Å². The lowest BCUT2D eigenvalue weighted by atomic mass is 9.79. The lowest BCUT2D eigenvalue weighted by Crippen LogP contribution is -2.61. The highest BCUT2D eigenvalue weighted by Crippen LogP contribution is 2.39. The summed E-state index contributed by atoms with van der Waals surface area (Å²) in [6.07, 6.45) is -1.83. The molecule has 0 bridgehead atoms. The van der Waals surface area contributed by atoms with E-state index in [1.54, 1.807) is 6.20 Å². The minimum atomic E-state index is -4.44. The fourth-order valence-electron chi connectivity index (χ4n) is 5.61. The third-order valence-corrected chi connectivity index (χ3v) is 7.87. The Kier molecular flexibility index (Phi) is 8.58. The van der Waals surface area contributed by atoms with E-state index in [-0.39, 0.29) is 36.3 Å². The number of carbonyl (C=O) groups excluding carboxylic acids is 1. The lowest BCUT2D eigenvalue weighted by molar-refractivity contribution is -0.142. The topological polar surface area (TPSA) is 93.5 Å². The molecule has 11 heteroatoms. The Bertz CT molecular complexity index is 1260. The Morgan fingerprint density at radius 3 is 2.67 bits per heavy atom. The molecule has 2 saturated heterocycles. The van der Waals surface area contributed by atoms with Gasteiger partial charge in [-0.15, -0.1) is 12.4 Å². The molecule has 0 radical (unpaired) electrons. The number of nitrogens with two attached hydrogens (primary N) is 1. The number of hydrogen-bond donors (Lipinski definition) is 2. The van der Waals surface area contributed by atoms with E-state index >= 15 is 0 Å². The molecule has 3 heterocycles. The average Bonchev–Trinajstić information content (AvgIpc) is 3.61. The van der Waals surface area contributed by atoms with Gasteiger partial charge in [0.25, 0.3) is 0 Å². The van der Waals surface area contributed by atoms with Gasteiger partial charge in [0.1, 0.15) is 17.4 Å². The number of ether oxygens (including phenoxy) is 2. The molecule has 3 aromatic rings. The van der Waals surface area contributed by atoms with Gasteiger partial charge in [-0.05, 0) is 48.2 Å². The highest BCUT2D eigenvalue weighted by Gasteiger charge is 2.50. The minimum absolute atomic E-state index is 0. The van der Waals surface area contributed by atoms with Gasteiger partial charge in [-0.25, -0.2) is 0 Å². The van der Waals surface area contributed by atoms with Crippen molar-refractivity contribution in [3.8, 4) is 17.0 Å². The van der Waals surface area contributed by atoms with Crippen LogP contribution < -0.4 is 10.5 Å². The highest BCUT2D eigenvalue weighted by atomic mass is 35.5. The van der Waals surface area contributed by atoms with Gasteiger partial charge >= 0.3 is 6.18 Å². The van der Waals surface area contributed by atoms with E-state index in [9.17, 15) is 18.0 Å². The molecule has 0 aliphatic carbocycles. The van der Waals surface area contributed by atoms with Crippen molar-refractivity contribution in [3.05, 3.63) is 71.9 Å². The van der Waals surface area contributed by atoms with Crippen molar-refractivity contribution in [1.29, 1.82) is 0 Å². The Morgan fingerprint density at radius 1 is 1.23 bits per heavy atom. The van der Waals surface area contributed by atoms with Gasteiger partial charge in [-0.2, -0.15) is 18.3 Å². The Morgan fingerprint density at radius 2 is 2.00 bits per heavy atom. The molecule has 4 atom stereocenters. The van der Waals surface area contributed by atoms with E-state index in [4.69, 9.17) is 15.2 Å². The van der Waals surface area contributed by atoms with Gasteiger partial charge < -0.3 is 15.2 Å². The average molecular weight is 565 g/mol. The first-order valence-electron chi connectivity index (χ1n) is 12.8. The number of halogens is 4. The van der Waals surface area contributed by atoms with Crippen LogP contribution in [0.3, 0.4) is 0 Å². The molecule has 2 unspecified atom stereocenters. The number of primary amides is 1. The highest BCUT2D eigenvalue weighted by molar-refractivity contribution is 5.85. The number of hydrogen-bond acceptors (Lipinski definition) is 5. The second kappa shape index (κ2) is 11.6. The normalized spacial score (nSPS) is 24.6. The number of H-pyrrole nitrogens is 1. The first kappa shape index (κ1) is 28.9. The first-order chi connectivity index (χ1) is 18.2. The molecule has 210 valence electrons. The molecule has 7 nitrogen and oxygen atoms in total. The number of aromatic amines is 1. The van der Waals surface area contributed by atoms with Crippen LogP contribution in [-0.4, -0.2) is 58.4 Å². The summed E-state index contributed by atoms with van der Waals surface area (Å²) in [6.45, 7) is 3.43. The zero-order valence-electron chi connectivity index (χ0n) is 21.5. The number of likely N-dealkylation sites (tertiary alicyclic amines) is 1. The molecule has 2 aromatic carbocycles. The number of nitrogens with one attached hydrogen (secondary N) is 1. The zero-order valence-corrected chi connectivity index (χ0v) is 22.3. The van der Waals surface area contributed by atoms with Crippen molar-refractivity contribution in [1.82, 2.24) is 15.1 Å². The van der Waals surface area contributed by atoms with Crippen LogP contribution in [0.4, 0.5) is 13.2 Å². The van der Waals surface area contributed by atoms with Crippen LogP contribution in [0.1, 0.15) is 43.2 Å².